The van der Waals surface area contributed by atoms with Crippen LogP contribution < -0.4 is 10.6 Å². The lowest BCUT2D eigenvalue weighted by atomic mass is 10.2. The topological polar surface area (TPSA) is 63.1 Å². The number of nitrogens with zero attached hydrogens (tertiary/aromatic N) is 1. The molecule has 5 heteroatoms. The van der Waals surface area contributed by atoms with E-state index in [1.165, 1.54) is 19.8 Å². The van der Waals surface area contributed by atoms with Crippen LogP contribution in [0.15, 0.2) is 30.5 Å². The van der Waals surface area contributed by atoms with Gasteiger partial charge in [-0.3, -0.25) is 9.59 Å². The lowest BCUT2D eigenvalue weighted by Gasteiger charge is -2.13. The highest BCUT2D eigenvalue weighted by Gasteiger charge is 2.17. The van der Waals surface area contributed by atoms with Gasteiger partial charge in [0.1, 0.15) is 6.54 Å². The summed E-state index contributed by atoms with van der Waals surface area (Å²) in [6.07, 6.45) is 6.48. The molecule has 0 aliphatic heterocycles. The van der Waals surface area contributed by atoms with Crippen molar-refractivity contribution in [2.45, 2.75) is 45.2 Å². The van der Waals surface area contributed by atoms with Crippen molar-refractivity contribution in [3.63, 3.8) is 0 Å². The SMILES string of the molecule is CC(=O)Nc1cccc2c1ccn2CC(=O)NC1CCCC1. The van der Waals surface area contributed by atoms with E-state index in [0.717, 1.165) is 29.4 Å². The number of fused-ring (bicyclic) bond motifs is 1. The Morgan fingerprint density at radius 1 is 1.23 bits per heavy atom. The van der Waals surface area contributed by atoms with Crippen LogP contribution in [0.5, 0.6) is 0 Å². The van der Waals surface area contributed by atoms with Crippen LogP contribution in [0.25, 0.3) is 10.9 Å². The average Bonchev–Trinajstić information content (AvgIpc) is 3.09. The van der Waals surface area contributed by atoms with Crippen LogP contribution >= 0.6 is 0 Å². The van der Waals surface area contributed by atoms with Gasteiger partial charge in [0, 0.05) is 24.5 Å². The second-order valence-electron chi connectivity index (χ2n) is 5.91. The van der Waals surface area contributed by atoms with Gasteiger partial charge < -0.3 is 15.2 Å². The van der Waals surface area contributed by atoms with Crippen LogP contribution in [0.1, 0.15) is 32.6 Å². The maximum Gasteiger partial charge on any atom is 0.240 e. The number of carbonyl (C=O) groups is 2. The minimum absolute atomic E-state index is 0.0503. The summed E-state index contributed by atoms with van der Waals surface area (Å²) in [7, 11) is 0. The van der Waals surface area contributed by atoms with E-state index in [0.29, 0.717) is 12.6 Å². The molecule has 1 saturated carbocycles. The van der Waals surface area contributed by atoms with E-state index in [-0.39, 0.29) is 11.8 Å². The Kier molecular flexibility index (Phi) is 4.13. The van der Waals surface area contributed by atoms with Crippen LogP contribution in [0.3, 0.4) is 0 Å². The molecule has 1 heterocycles. The van der Waals surface area contributed by atoms with Gasteiger partial charge in [0.05, 0.1) is 11.2 Å². The standard InChI is InChI=1S/C17H21N3O2/c1-12(21)18-15-7-4-8-16-14(15)9-10-20(16)11-17(22)19-13-5-2-3-6-13/h4,7-10,13H,2-3,5-6,11H2,1H3,(H,18,21)(H,19,22). The number of amides is 2. The molecular weight excluding hydrogens is 278 g/mol. The first kappa shape index (κ1) is 14.6. The third-order valence-corrected chi connectivity index (χ3v) is 4.16. The molecule has 5 nitrogen and oxygen atoms in total. The van der Waals surface area contributed by atoms with Crippen LogP contribution in [0.4, 0.5) is 5.69 Å². The fourth-order valence-electron chi connectivity index (χ4n) is 3.16. The molecule has 0 saturated heterocycles. The number of hydrogen-bond donors (Lipinski definition) is 2. The Balaban J connectivity index is 1.76. The monoisotopic (exact) mass is 299 g/mol. The van der Waals surface area contributed by atoms with Crippen molar-refractivity contribution in [2.75, 3.05) is 5.32 Å². The summed E-state index contributed by atoms with van der Waals surface area (Å²) < 4.78 is 1.92. The van der Waals surface area contributed by atoms with E-state index in [4.69, 9.17) is 0 Å². The molecule has 2 amide bonds. The van der Waals surface area contributed by atoms with Gasteiger partial charge in [0.15, 0.2) is 0 Å². The molecular formula is C17H21N3O2. The molecule has 1 aromatic heterocycles. The molecule has 2 aromatic rings. The predicted molar refractivity (Wildman–Crippen MR) is 86.6 cm³/mol. The molecule has 116 valence electrons. The molecule has 0 atom stereocenters. The number of carbonyl (C=O) groups excluding carboxylic acids is 2. The van der Waals surface area contributed by atoms with Gasteiger partial charge in [-0.15, -0.1) is 0 Å². The quantitative estimate of drug-likeness (QED) is 0.911. The minimum Gasteiger partial charge on any atom is -0.352 e. The molecule has 0 spiro atoms. The number of aromatic nitrogens is 1. The van der Waals surface area contributed by atoms with Gasteiger partial charge in [0.2, 0.25) is 11.8 Å². The highest BCUT2D eigenvalue weighted by atomic mass is 16.2. The van der Waals surface area contributed by atoms with E-state index >= 15 is 0 Å². The molecule has 0 radical (unpaired) electrons. The number of rotatable bonds is 4. The molecule has 0 bridgehead atoms. The Hall–Kier alpha value is -2.30. The molecule has 1 aliphatic rings. The maximum absolute atomic E-state index is 12.2. The van der Waals surface area contributed by atoms with E-state index in [2.05, 4.69) is 10.6 Å². The van der Waals surface area contributed by atoms with Crippen molar-refractivity contribution < 1.29 is 9.59 Å². The number of anilines is 1. The average molecular weight is 299 g/mol. The first-order chi connectivity index (χ1) is 10.6. The van der Waals surface area contributed by atoms with E-state index in [1.54, 1.807) is 0 Å². The summed E-state index contributed by atoms with van der Waals surface area (Å²) in [4.78, 5) is 23.4. The molecule has 22 heavy (non-hydrogen) atoms. The Morgan fingerprint density at radius 3 is 2.73 bits per heavy atom. The summed E-state index contributed by atoms with van der Waals surface area (Å²) in [5.74, 6) is -0.0476. The smallest absolute Gasteiger partial charge is 0.240 e. The Morgan fingerprint density at radius 2 is 2.00 bits per heavy atom. The molecule has 0 unspecified atom stereocenters. The van der Waals surface area contributed by atoms with Crippen molar-refractivity contribution in [1.29, 1.82) is 0 Å². The molecule has 1 fully saturated rings. The minimum atomic E-state index is -0.0979. The lowest BCUT2D eigenvalue weighted by Crippen LogP contribution is -2.35. The first-order valence-electron chi connectivity index (χ1n) is 7.78. The fourth-order valence-corrected chi connectivity index (χ4v) is 3.16. The molecule has 2 N–H and O–H groups in total. The molecule has 3 rings (SSSR count). The second kappa shape index (κ2) is 6.22. The van der Waals surface area contributed by atoms with Crippen molar-refractivity contribution >= 4 is 28.4 Å². The van der Waals surface area contributed by atoms with E-state index < -0.39 is 0 Å². The lowest BCUT2D eigenvalue weighted by molar-refractivity contribution is -0.122. The molecule has 1 aromatic carbocycles. The number of benzene rings is 1. The normalized spacial score (nSPS) is 15.1. The summed E-state index contributed by atoms with van der Waals surface area (Å²) >= 11 is 0. The van der Waals surface area contributed by atoms with Crippen LogP contribution in [-0.2, 0) is 16.1 Å². The van der Waals surface area contributed by atoms with Crippen molar-refractivity contribution in [1.82, 2.24) is 9.88 Å². The van der Waals surface area contributed by atoms with Crippen molar-refractivity contribution in [3.05, 3.63) is 30.5 Å². The Bertz CT molecular complexity index is 699. The third kappa shape index (κ3) is 3.13. The number of nitrogens with one attached hydrogen (secondary N) is 2. The third-order valence-electron chi connectivity index (χ3n) is 4.16. The summed E-state index contributed by atoms with van der Waals surface area (Å²) in [6, 6.07) is 7.99. The van der Waals surface area contributed by atoms with Crippen LogP contribution in [0.2, 0.25) is 0 Å². The second-order valence-corrected chi connectivity index (χ2v) is 5.91. The zero-order chi connectivity index (χ0) is 15.5. The van der Waals surface area contributed by atoms with Gasteiger partial charge in [-0.25, -0.2) is 0 Å². The zero-order valence-corrected chi connectivity index (χ0v) is 12.8. The first-order valence-corrected chi connectivity index (χ1v) is 7.78. The summed E-state index contributed by atoms with van der Waals surface area (Å²) in [5, 5.41) is 6.87. The highest BCUT2D eigenvalue weighted by molar-refractivity contribution is 6.01. The Labute approximate surface area is 129 Å². The van der Waals surface area contributed by atoms with Crippen molar-refractivity contribution in [2.24, 2.45) is 0 Å². The maximum atomic E-state index is 12.2. The fraction of sp³-hybridized carbons (Fsp3) is 0.412. The largest absolute Gasteiger partial charge is 0.352 e. The van der Waals surface area contributed by atoms with Gasteiger partial charge in [-0.2, -0.15) is 0 Å². The van der Waals surface area contributed by atoms with Crippen molar-refractivity contribution in [3.8, 4) is 0 Å². The van der Waals surface area contributed by atoms with Gasteiger partial charge in [-0.05, 0) is 31.0 Å². The van der Waals surface area contributed by atoms with Gasteiger partial charge in [-0.1, -0.05) is 18.9 Å². The van der Waals surface area contributed by atoms with Gasteiger partial charge in [0.25, 0.3) is 0 Å². The van der Waals surface area contributed by atoms with Crippen LogP contribution in [0, 0.1) is 0 Å². The van der Waals surface area contributed by atoms with Gasteiger partial charge >= 0.3 is 0 Å². The van der Waals surface area contributed by atoms with Crippen LogP contribution in [-0.4, -0.2) is 22.4 Å². The highest BCUT2D eigenvalue weighted by Crippen LogP contribution is 2.24. The predicted octanol–water partition coefficient (Wildman–Crippen LogP) is 2.66. The summed E-state index contributed by atoms with van der Waals surface area (Å²) in [6.45, 7) is 1.80. The number of hydrogen-bond acceptors (Lipinski definition) is 2. The zero-order valence-electron chi connectivity index (χ0n) is 12.8. The van der Waals surface area contributed by atoms with E-state index in [1.807, 2.05) is 35.0 Å². The van der Waals surface area contributed by atoms with E-state index in [9.17, 15) is 9.59 Å². The molecule has 1 aliphatic carbocycles. The summed E-state index contributed by atoms with van der Waals surface area (Å²) in [5.41, 5.74) is 1.73.